The second kappa shape index (κ2) is 7.64. The van der Waals surface area contributed by atoms with Crippen LogP contribution < -0.4 is 5.32 Å². The molecule has 1 aliphatic carbocycles. The van der Waals surface area contributed by atoms with Gasteiger partial charge in [-0.15, -0.1) is 0 Å². The molecule has 2 fully saturated rings. The maximum atomic E-state index is 12.2. The number of hydrogen-bond donors (Lipinski definition) is 2. The minimum atomic E-state index is -0.732. The quantitative estimate of drug-likeness (QED) is 0.807. The summed E-state index contributed by atoms with van der Waals surface area (Å²) >= 11 is 0. The first kappa shape index (κ1) is 16.1. The van der Waals surface area contributed by atoms with Crippen molar-refractivity contribution in [1.29, 1.82) is 0 Å². The number of nitrogens with zero attached hydrogens (tertiary/aromatic N) is 1. The van der Waals surface area contributed by atoms with E-state index in [1.165, 1.54) is 0 Å². The Bertz CT molecular complexity index is 373. The third kappa shape index (κ3) is 4.33. The molecule has 0 aromatic carbocycles. The summed E-state index contributed by atoms with van der Waals surface area (Å²) in [4.78, 5) is 25.2. The number of urea groups is 1. The highest BCUT2D eigenvalue weighted by Gasteiger charge is 2.33. The fourth-order valence-corrected chi connectivity index (χ4v) is 3.56. The molecule has 3 unspecified atom stereocenters. The zero-order valence-corrected chi connectivity index (χ0v) is 12.7. The molecule has 0 aromatic rings. The number of piperidine rings is 1. The number of aliphatic carboxylic acids is 1. The summed E-state index contributed by atoms with van der Waals surface area (Å²) in [6, 6.07) is -0.0631. The summed E-state index contributed by atoms with van der Waals surface area (Å²) < 4.78 is 5.17. The van der Waals surface area contributed by atoms with Gasteiger partial charge in [-0.25, -0.2) is 4.79 Å². The first-order chi connectivity index (χ1) is 10.1. The molecular weight excluding hydrogens is 272 g/mol. The van der Waals surface area contributed by atoms with Crippen molar-refractivity contribution in [3.05, 3.63) is 0 Å². The van der Waals surface area contributed by atoms with Gasteiger partial charge in [-0.05, 0) is 31.6 Å². The van der Waals surface area contributed by atoms with Crippen LogP contribution in [0.3, 0.4) is 0 Å². The van der Waals surface area contributed by atoms with Gasteiger partial charge in [0.2, 0.25) is 0 Å². The predicted molar refractivity (Wildman–Crippen MR) is 78.0 cm³/mol. The molecule has 2 amide bonds. The lowest BCUT2D eigenvalue weighted by Gasteiger charge is -2.32. The summed E-state index contributed by atoms with van der Waals surface area (Å²) in [7, 11) is 1.69. The maximum absolute atomic E-state index is 12.2. The number of carboxylic acid groups (broad SMARTS) is 1. The van der Waals surface area contributed by atoms with E-state index in [-0.39, 0.29) is 17.9 Å². The van der Waals surface area contributed by atoms with E-state index in [1.54, 1.807) is 7.11 Å². The highest BCUT2D eigenvalue weighted by Crippen LogP contribution is 2.31. The number of carbonyl (C=O) groups is 2. The molecule has 6 heteroatoms. The number of ether oxygens (including phenoxy) is 1. The summed E-state index contributed by atoms with van der Waals surface area (Å²) in [6.07, 6.45) is 4.67. The van der Waals surface area contributed by atoms with E-state index in [1.807, 2.05) is 4.90 Å². The van der Waals surface area contributed by atoms with Crippen molar-refractivity contribution in [3.8, 4) is 0 Å². The van der Waals surface area contributed by atoms with Gasteiger partial charge >= 0.3 is 12.0 Å². The van der Waals surface area contributed by atoms with Crippen LogP contribution in [0.25, 0.3) is 0 Å². The molecule has 21 heavy (non-hydrogen) atoms. The second-order valence-corrected chi connectivity index (χ2v) is 6.23. The number of hydrogen-bond acceptors (Lipinski definition) is 3. The third-order valence-electron chi connectivity index (χ3n) is 4.70. The van der Waals surface area contributed by atoms with E-state index in [9.17, 15) is 9.59 Å². The molecule has 120 valence electrons. The number of likely N-dealkylation sites (tertiary alicyclic amines) is 1. The monoisotopic (exact) mass is 298 g/mol. The summed E-state index contributed by atoms with van der Waals surface area (Å²) in [5, 5.41) is 12.1. The lowest BCUT2D eigenvalue weighted by molar-refractivity contribution is -0.142. The normalized spacial score (nSPS) is 29.4. The van der Waals surface area contributed by atoms with Crippen LogP contribution in [0, 0.1) is 17.8 Å². The topological polar surface area (TPSA) is 78.9 Å². The van der Waals surface area contributed by atoms with Crippen LogP contribution in [0.15, 0.2) is 0 Å². The number of carboxylic acids is 1. The lowest BCUT2D eigenvalue weighted by atomic mass is 9.96. The van der Waals surface area contributed by atoms with Crippen molar-refractivity contribution >= 4 is 12.0 Å². The van der Waals surface area contributed by atoms with Crippen LogP contribution >= 0.6 is 0 Å². The molecule has 2 N–H and O–H groups in total. The van der Waals surface area contributed by atoms with E-state index in [0.717, 1.165) is 45.2 Å². The number of nitrogens with one attached hydrogen (secondary N) is 1. The zero-order valence-electron chi connectivity index (χ0n) is 12.7. The highest BCUT2D eigenvalue weighted by molar-refractivity contribution is 5.74. The van der Waals surface area contributed by atoms with E-state index < -0.39 is 5.97 Å². The van der Waals surface area contributed by atoms with Gasteiger partial charge in [0.05, 0.1) is 12.5 Å². The predicted octanol–water partition coefficient (Wildman–Crippen LogP) is 1.56. The molecule has 3 atom stereocenters. The summed E-state index contributed by atoms with van der Waals surface area (Å²) in [5.74, 6) is -0.545. The van der Waals surface area contributed by atoms with Crippen molar-refractivity contribution in [2.45, 2.75) is 32.1 Å². The Balaban J connectivity index is 1.77. The third-order valence-corrected chi connectivity index (χ3v) is 4.70. The minimum absolute atomic E-state index is 0.0631. The molecule has 0 spiro atoms. The summed E-state index contributed by atoms with van der Waals surface area (Å²) in [5.41, 5.74) is 0. The van der Waals surface area contributed by atoms with Crippen LogP contribution in [0.2, 0.25) is 0 Å². The Labute approximate surface area is 125 Å². The van der Waals surface area contributed by atoms with Gasteiger partial charge in [-0.1, -0.05) is 6.42 Å². The van der Waals surface area contributed by atoms with Crippen LogP contribution in [0.4, 0.5) is 4.79 Å². The van der Waals surface area contributed by atoms with Crippen LogP contribution in [-0.4, -0.2) is 55.4 Å². The molecule has 2 rings (SSSR count). The van der Waals surface area contributed by atoms with Gasteiger partial charge in [0.15, 0.2) is 0 Å². The van der Waals surface area contributed by atoms with Crippen LogP contribution in [0.1, 0.15) is 32.1 Å². The van der Waals surface area contributed by atoms with Crippen molar-refractivity contribution in [1.82, 2.24) is 10.2 Å². The van der Waals surface area contributed by atoms with E-state index in [2.05, 4.69) is 5.32 Å². The van der Waals surface area contributed by atoms with Crippen molar-refractivity contribution in [2.24, 2.45) is 17.8 Å². The largest absolute Gasteiger partial charge is 0.481 e. The summed E-state index contributed by atoms with van der Waals surface area (Å²) in [6.45, 7) is 2.67. The first-order valence-electron chi connectivity index (χ1n) is 7.86. The number of rotatable bonds is 5. The molecule has 0 bridgehead atoms. The molecule has 1 saturated heterocycles. The van der Waals surface area contributed by atoms with Crippen LogP contribution in [0.5, 0.6) is 0 Å². The smallest absolute Gasteiger partial charge is 0.317 e. The van der Waals surface area contributed by atoms with E-state index in [0.29, 0.717) is 19.1 Å². The van der Waals surface area contributed by atoms with Crippen molar-refractivity contribution < 1.29 is 19.4 Å². The molecule has 0 aromatic heterocycles. The fraction of sp³-hybridized carbons (Fsp3) is 0.867. The number of amides is 2. The molecule has 1 aliphatic heterocycles. The van der Waals surface area contributed by atoms with Gasteiger partial charge < -0.3 is 20.1 Å². The molecule has 2 aliphatic rings. The second-order valence-electron chi connectivity index (χ2n) is 6.23. The molecular formula is C15H26N2O4. The Hall–Kier alpha value is -1.30. The fourth-order valence-electron chi connectivity index (χ4n) is 3.56. The van der Waals surface area contributed by atoms with Gasteiger partial charge in [-0.3, -0.25) is 4.79 Å². The van der Waals surface area contributed by atoms with Gasteiger partial charge in [0.1, 0.15) is 0 Å². The van der Waals surface area contributed by atoms with Crippen molar-refractivity contribution in [3.63, 3.8) is 0 Å². The number of carbonyl (C=O) groups excluding carboxylic acids is 1. The Morgan fingerprint density at radius 3 is 2.81 bits per heavy atom. The van der Waals surface area contributed by atoms with Gasteiger partial charge in [-0.2, -0.15) is 0 Å². The first-order valence-corrected chi connectivity index (χ1v) is 7.86. The Morgan fingerprint density at radius 2 is 2.10 bits per heavy atom. The van der Waals surface area contributed by atoms with E-state index >= 15 is 0 Å². The highest BCUT2D eigenvalue weighted by atomic mass is 16.5. The molecule has 6 nitrogen and oxygen atoms in total. The number of methoxy groups -OCH3 is 1. The average Bonchev–Trinajstić information content (AvgIpc) is 2.94. The van der Waals surface area contributed by atoms with Gasteiger partial charge in [0.25, 0.3) is 0 Å². The van der Waals surface area contributed by atoms with E-state index in [4.69, 9.17) is 9.84 Å². The minimum Gasteiger partial charge on any atom is -0.481 e. The standard InChI is InChI=1S/C15H26N2O4/c1-21-10-11-4-3-7-17(9-11)15(20)16-8-12-5-2-6-13(12)14(18)19/h11-13H,2-10H2,1H3,(H,16,20)(H,18,19). The molecule has 1 saturated carbocycles. The average molecular weight is 298 g/mol. The van der Waals surface area contributed by atoms with Crippen molar-refractivity contribution in [2.75, 3.05) is 33.4 Å². The maximum Gasteiger partial charge on any atom is 0.317 e. The molecule has 1 heterocycles. The van der Waals surface area contributed by atoms with Gasteiger partial charge in [0, 0.05) is 32.7 Å². The lowest BCUT2D eigenvalue weighted by Crippen LogP contribution is -2.47. The Kier molecular flexibility index (Phi) is 5.85. The Morgan fingerprint density at radius 1 is 1.29 bits per heavy atom. The zero-order chi connectivity index (χ0) is 15.2. The van der Waals surface area contributed by atoms with Crippen LogP contribution in [-0.2, 0) is 9.53 Å². The SMILES string of the molecule is COCC1CCCN(C(=O)NCC2CCCC2C(=O)O)C1. The molecule has 0 radical (unpaired) electrons.